The van der Waals surface area contributed by atoms with Crippen molar-refractivity contribution in [3.05, 3.63) is 59.0 Å². The van der Waals surface area contributed by atoms with Crippen LogP contribution in [0.25, 0.3) is 5.57 Å². The van der Waals surface area contributed by atoms with Gasteiger partial charge in [0, 0.05) is 6.42 Å². The first-order chi connectivity index (χ1) is 11.7. The molecule has 0 radical (unpaired) electrons. The van der Waals surface area contributed by atoms with Gasteiger partial charge in [0.05, 0.1) is 18.7 Å². The third-order valence-corrected chi connectivity index (χ3v) is 5.33. The van der Waals surface area contributed by atoms with Crippen LogP contribution in [0.3, 0.4) is 0 Å². The second-order valence-electron chi connectivity index (χ2n) is 5.94. The first-order valence-electron chi connectivity index (χ1n) is 8.06. The normalized spacial score (nSPS) is 18.3. The molecule has 0 saturated carbocycles. The van der Waals surface area contributed by atoms with Crippen LogP contribution in [0.5, 0.6) is 0 Å². The highest BCUT2D eigenvalue weighted by Gasteiger charge is 2.27. The largest absolute Gasteiger partial charge is 0.321 e. The summed E-state index contributed by atoms with van der Waals surface area (Å²) in [6, 6.07) is 14.1. The van der Waals surface area contributed by atoms with Crippen LogP contribution in [0.2, 0.25) is 0 Å². The fourth-order valence-corrected chi connectivity index (χ4v) is 3.70. The lowest BCUT2D eigenvalue weighted by atomic mass is 9.99. The highest BCUT2D eigenvalue weighted by atomic mass is 32.1. The summed E-state index contributed by atoms with van der Waals surface area (Å²) in [5.74, 6) is -0.0273. The molecular formula is C19H20N3OS+. The summed E-state index contributed by atoms with van der Waals surface area (Å²) < 4.78 is 0. The Hall–Kier alpha value is -2.42. The number of carbonyl (C=O) groups is 1. The summed E-state index contributed by atoms with van der Waals surface area (Å²) in [6.45, 7) is 3.73. The van der Waals surface area contributed by atoms with Gasteiger partial charge in [-0.25, -0.2) is 0 Å². The molecule has 0 spiro atoms. The molecular weight excluding hydrogens is 318 g/mol. The lowest BCUT2D eigenvalue weighted by molar-refractivity contribution is -0.909. The summed E-state index contributed by atoms with van der Waals surface area (Å²) in [7, 11) is 0. The van der Waals surface area contributed by atoms with Crippen molar-refractivity contribution >= 4 is 27.8 Å². The molecule has 122 valence electrons. The van der Waals surface area contributed by atoms with E-state index in [0.29, 0.717) is 10.6 Å². The summed E-state index contributed by atoms with van der Waals surface area (Å²) in [4.78, 5) is 13.7. The quantitative estimate of drug-likeness (QED) is 0.899. The van der Waals surface area contributed by atoms with Crippen molar-refractivity contribution in [1.82, 2.24) is 0 Å². The van der Waals surface area contributed by atoms with Crippen LogP contribution < -0.4 is 10.2 Å². The third-order valence-electron chi connectivity index (χ3n) is 4.50. The van der Waals surface area contributed by atoms with Crippen LogP contribution in [0.4, 0.5) is 5.00 Å². The number of hydrogen-bond donors (Lipinski definition) is 2. The summed E-state index contributed by atoms with van der Waals surface area (Å²) >= 11 is 1.39. The second-order valence-corrected chi connectivity index (χ2v) is 6.86. The molecule has 1 aromatic heterocycles. The molecule has 0 bridgehead atoms. The molecule has 3 rings (SSSR count). The standard InChI is InChI=1S/C19H19N3OS/c1-14(18(23)21-19-17(13-20)9-12-24-19)22-10-7-16(8-11-22)15-5-3-2-4-6-15/h2-7,9,12,14H,8,10-11H2,1H3,(H,21,23)/p+1/t14-/m1/s1. The number of thiophene rings is 1. The Labute approximate surface area is 146 Å². The van der Waals surface area contributed by atoms with Gasteiger partial charge in [0.2, 0.25) is 0 Å². The molecule has 1 amide bonds. The fourth-order valence-electron chi connectivity index (χ4n) is 2.96. The first-order valence-corrected chi connectivity index (χ1v) is 8.94. The molecule has 1 aliphatic rings. The molecule has 0 fully saturated rings. The number of amides is 1. The number of quaternary nitrogens is 1. The summed E-state index contributed by atoms with van der Waals surface area (Å²) in [5.41, 5.74) is 3.16. The van der Waals surface area contributed by atoms with E-state index in [0.717, 1.165) is 19.5 Å². The topological polar surface area (TPSA) is 57.3 Å². The Morgan fingerprint density at radius 3 is 2.79 bits per heavy atom. The van der Waals surface area contributed by atoms with E-state index in [2.05, 4.69) is 41.7 Å². The van der Waals surface area contributed by atoms with Crippen molar-refractivity contribution in [3.8, 4) is 6.07 Å². The van der Waals surface area contributed by atoms with Gasteiger partial charge in [-0.15, -0.1) is 11.3 Å². The Bertz CT molecular complexity index is 788. The van der Waals surface area contributed by atoms with E-state index in [1.165, 1.54) is 27.4 Å². The first kappa shape index (κ1) is 16.4. The number of benzene rings is 1. The fraction of sp³-hybridized carbons (Fsp3) is 0.263. The van der Waals surface area contributed by atoms with E-state index in [4.69, 9.17) is 5.26 Å². The minimum Gasteiger partial charge on any atom is -0.321 e. The molecule has 5 heteroatoms. The average molecular weight is 338 g/mol. The van der Waals surface area contributed by atoms with Crippen LogP contribution in [-0.2, 0) is 4.79 Å². The molecule has 1 unspecified atom stereocenters. The zero-order chi connectivity index (χ0) is 16.9. The van der Waals surface area contributed by atoms with Crippen molar-refractivity contribution in [3.63, 3.8) is 0 Å². The van der Waals surface area contributed by atoms with Crippen molar-refractivity contribution in [2.45, 2.75) is 19.4 Å². The van der Waals surface area contributed by atoms with Crippen LogP contribution in [0.15, 0.2) is 47.9 Å². The number of nitrogens with one attached hydrogen (secondary N) is 2. The average Bonchev–Trinajstić information content (AvgIpc) is 3.09. The van der Waals surface area contributed by atoms with Crippen LogP contribution in [0.1, 0.15) is 24.5 Å². The molecule has 2 atom stereocenters. The summed E-state index contributed by atoms with van der Waals surface area (Å²) in [5, 5.41) is 14.4. The zero-order valence-electron chi connectivity index (χ0n) is 13.6. The van der Waals surface area contributed by atoms with Gasteiger partial charge in [0.15, 0.2) is 6.04 Å². The minimum absolute atomic E-state index is 0.0273. The van der Waals surface area contributed by atoms with Crippen LogP contribution in [0, 0.1) is 11.3 Å². The SMILES string of the molecule is C[C@H](C(=O)Nc1sccc1C#N)[NH+]1CC=C(c2ccccc2)CC1. The van der Waals surface area contributed by atoms with Crippen molar-refractivity contribution in [2.24, 2.45) is 0 Å². The van der Waals surface area contributed by atoms with E-state index < -0.39 is 0 Å². The van der Waals surface area contributed by atoms with Crippen LogP contribution in [-0.4, -0.2) is 25.0 Å². The van der Waals surface area contributed by atoms with E-state index >= 15 is 0 Å². The maximum Gasteiger partial charge on any atom is 0.283 e. The molecule has 2 aromatic rings. The highest BCUT2D eigenvalue weighted by Crippen LogP contribution is 2.22. The lowest BCUT2D eigenvalue weighted by Crippen LogP contribution is -3.17. The van der Waals surface area contributed by atoms with Gasteiger partial charge in [0.1, 0.15) is 11.1 Å². The number of hydrogen-bond acceptors (Lipinski definition) is 3. The van der Waals surface area contributed by atoms with Gasteiger partial charge in [-0.05, 0) is 35.6 Å². The van der Waals surface area contributed by atoms with Crippen molar-refractivity contribution in [2.75, 3.05) is 18.4 Å². The maximum atomic E-state index is 12.5. The Kier molecular flexibility index (Phi) is 5.09. The number of nitriles is 1. The zero-order valence-corrected chi connectivity index (χ0v) is 14.4. The van der Waals surface area contributed by atoms with Gasteiger partial charge >= 0.3 is 0 Å². The summed E-state index contributed by atoms with van der Waals surface area (Å²) in [6.07, 6.45) is 3.21. The lowest BCUT2D eigenvalue weighted by Gasteiger charge is -2.28. The molecule has 2 heterocycles. The second kappa shape index (κ2) is 7.43. The highest BCUT2D eigenvalue weighted by molar-refractivity contribution is 7.14. The predicted molar refractivity (Wildman–Crippen MR) is 96.9 cm³/mol. The van der Waals surface area contributed by atoms with Gasteiger partial charge in [-0.3, -0.25) is 4.79 Å². The maximum absolute atomic E-state index is 12.5. The monoisotopic (exact) mass is 338 g/mol. The molecule has 24 heavy (non-hydrogen) atoms. The number of rotatable bonds is 4. The molecule has 1 aliphatic heterocycles. The molecule has 4 nitrogen and oxygen atoms in total. The van der Waals surface area contributed by atoms with E-state index in [9.17, 15) is 4.79 Å². The smallest absolute Gasteiger partial charge is 0.283 e. The van der Waals surface area contributed by atoms with Crippen molar-refractivity contribution < 1.29 is 9.69 Å². The molecule has 2 N–H and O–H groups in total. The Morgan fingerprint density at radius 2 is 2.12 bits per heavy atom. The Balaban J connectivity index is 1.62. The van der Waals surface area contributed by atoms with Gasteiger partial charge in [-0.2, -0.15) is 5.26 Å². The predicted octanol–water partition coefficient (Wildman–Crippen LogP) is 2.32. The molecule has 0 aliphatic carbocycles. The van der Waals surface area contributed by atoms with Gasteiger partial charge < -0.3 is 10.2 Å². The number of nitrogens with zero attached hydrogens (tertiary/aromatic N) is 1. The van der Waals surface area contributed by atoms with Gasteiger partial charge in [-0.1, -0.05) is 30.3 Å². The number of carbonyl (C=O) groups excluding carboxylic acids is 1. The Morgan fingerprint density at radius 1 is 1.33 bits per heavy atom. The van der Waals surface area contributed by atoms with Crippen LogP contribution >= 0.6 is 11.3 Å². The minimum atomic E-state index is -0.146. The molecule has 1 aromatic carbocycles. The van der Waals surface area contributed by atoms with E-state index in [1.54, 1.807) is 6.07 Å². The van der Waals surface area contributed by atoms with E-state index in [-0.39, 0.29) is 11.9 Å². The van der Waals surface area contributed by atoms with Gasteiger partial charge in [0.25, 0.3) is 5.91 Å². The third kappa shape index (κ3) is 3.56. The van der Waals surface area contributed by atoms with Crippen molar-refractivity contribution in [1.29, 1.82) is 5.26 Å². The van der Waals surface area contributed by atoms with E-state index in [1.807, 2.05) is 18.4 Å². The molecule has 0 saturated heterocycles. The number of anilines is 1.